The van der Waals surface area contributed by atoms with E-state index >= 15 is 0 Å². The number of hydrogen-bond donors (Lipinski definition) is 2. The highest BCUT2D eigenvalue weighted by atomic mass is 127. The normalized spacial score (nSPS) is 14.6. The number of carbonyl (C=O) groups is 2. The standard InChI is InChI=1S/C19H28N4O3.HI/c1-4-26-16-12-14(2)8-9-15(16)13-22-19(20-3)21-10-11-23-17(24)6-5-7-18(23)25;/h8-9,12H,4-7,10-11,13H2,1-3H3,(H2,20,21,22);1H. The molecule has 2 N–H and O–H groups in total. The Morgan fingerprint density at radius 1 is 1.22 bits per heavy atom. The van der Waals surface area contributed by atoms with Gasteiger partial charge in [-0.25, -0.2) is 0 Å². The van der Waals surface area contributed by atoms with Crippen molar-refractivity contribution >= 4 is 41.8 Å². The number of aliphatic imine (C=N–C) groups is 1. The summed E-state index contributed by atoms with van der Waals surface area (Å²) in [6.07, 6.45) is 1.56. The fraction of sp³-hybridized carbons (Fsp3) is 0.526. The largest absolute Gasteiger partial charge is 0.494 e. The second kappa shape index (κ2) is 11.8. The number of amides is 2. The Labute approximate surface area is 178 Å². The maximum Gasteiger partial charge on any atom is 0.229 e. The molecule has 1 aliphatic heterocycles. The molecule has 27 heavy (non-hydrogen) atoms. The Morgan fingerprint density at radius 3 is 2.56 bits per heavy atom. The van der Waals surface area contributed by atoms with E-state index in [4.69, 9.17) is 4.74 Å². The van der Waals surface area contributed by atoms with Crippen LogP contribution in [0.2, 0.25) is 0 Å². The second-order valence-electron chi connectivity index (χ2n) is 6.19. The third-order valence-corrected chi connectivity index (χ3v) is 4.20. The first-order chi connectivity index (χ1) is 12.5. The molecule has 7 nitrogen and oxygen atoms in total. The van der Waals surface area contributed by atoms with E-state index in [2.05, 4.69) is 15.6 Å². The molecular weight excluding hydrogens is 459 g/mol. The first-order valence-corrected chi connectivity index (χ1v) is 9.05. The summed E-state index contributed by atoms with van der Waals surface area (Å²) in [6.45, 7) is 5.99. The van der Waals surface area contributed by atoms with Gasteiger partial charge in [-0.05, 0) is 31.9 Å². The van der Waals surface area contributed by atoms with Crippen LogP contribution >= 0.6 is 24.0 Å². The summed E-state index contributed by atoms with van der Waals surface area (Å²) in [4.78, 5) is 29.1. The number of benzene rings is 1. The van der Waals surface area contributed by atoms with Gasteiger partial charge >= 0.3 is 0 Å². The van der Waals surface area contributed by atoms with Crippen LogP contribution in [0.1, 0.15) is 37.3 Å². The van der Waals surface area contributed by atoms with E-state index in [0.717, 1.165) is 16.9 Å². The highest BCUT2D eigenvalue weighted by Gasteiger charge is 2.25. The third kappa shape index (κ3) is 7.00. The number of ether oxygens (including phenoxy) is 1. The van der Waals surface area contributed by atoms with Gasteiger partial charge in [-0.1, -0.05) is 12.1 Å². The second-order valence-corrected chi connectivity index (χ2v) is 6.19. The minimum Gasteiger partial charge on any atom is -0.494 e. The molecule has 0 atom stereocenters. The van der Waals surface area contributed by atoms with Gasteiger partial charge < -0.3 is 15.4 Å². The molecular formula is C19H29IN4O3. The molecule has 0 spiro atoms. The molecule has 0 aromatic heterocycles. The molecule has 2 rings (SSSR count). The van der Waals surface area contributed by atoms with E-state index in [9.17, 15) is 9.59 Å². The van der Waals surface area contributed by atoms with E-state index in [0.29, 0.717) is 51.5 Å². The lowest BCUT2D eigenvalue weighted by Gasteiger charge is -2.25. The van der Waals surface area contributed by atoms with Gasteiger partial charge in [-0.2, -0.15) is 0 Å². The van der Waals surface area contributed by atoms with Crippen molar-refractivity contribution in [1.29, 1.82) is 0 Å². The number of imide groups is 1. The van der Waals surface area contributed by atoms with Crippen LogP contribution in [-0.2, 0) is 16.1 Å². The van der Waals surface area contributed by atoms with Crippen molar-refractivity contribution in [3.8, 4) is 5.75 Å². The first-order valence-electron chi connectivity index (χ1n) is 9.05. The van der Waals surface area contributed by atoms with Gasteiger partial charge in [0.05, 0.1) is 6.61 Å². The highest BCUT2D eigenvalue weighted by Crippen LogP contribution is 2.20. The zero-order valence-corrected chi connectivity index (χ0v) is 18.5. The van der Waals surface area contributed by atoms with Gasteiger partial charge in [0.1, 0.15) is 5.75 Å². The molecule has 1 heterocycles. The van der Waals surface area contributed by atoms with Gasteiger partial charge in [0.2, 0.25) is 11.8 Å². The molecule has 0 radical (unpaired) electrons. The zero-order chi connectivity index (χ0) is 18.9. The Kier molecular flexibility index (Phi) is 10.1. The predicted octanol–water partition coefficient (Wildman–Crippen LogP) is 2.22. The number of likely N-dealkylation sites (tertiary alicyclic amines) is 1. The summed E-state index contributed by atoms with van der Waals surface area (Å²) in [5.74, 6) is 1.30. The average Bonchev–Trinajstić information content (AvgIpc) is 2.62. The molecule has 1 saturated heterocycles. The van der Waals surface area contributed by atoms with Crippen LogP contribution in [0.3, 0.4) is 0 Å². The number of carbonyl (C=O) groups excluding carboxylic acids is 2. The molecule has 1 fully saturated rings. The number of halogens is 1. The topological polar surface area (TPSA) is 83.0 Å². The maximum absolute atomic E-state index is 11.8. The van der Waals surface area contributed by atoms with E-state index < -0.39 is 0 Å². The van der Waals surface area contributed by atoms with E-state index in [-0.39, 0.29) is 35.8 Å². The first kappa shape index (κ1) is 23.2. The van der Waals surface area contributed by atoms with E-state index in [1.807, 2.05) is 32.0 Å². The summed E-state index contributed by atoms with van der Waals surface area (Å²) in [7, 11) is 1.69. The minimum absolute atomic E-state index is 0. The number of aryl methyl sites for hydroxylation is 1. The van der Waals surface area contributed by atoms with E-state index in [1.165, 1.54) is 4.90 Å². The molecule has 8 heteroatoms. The fourth-order valence-corrected chi connectivity index (χ4v) is 2.83. The zero-order valence-electron chi connectivity index (χ0n) is 16.2. The third-order valence-electron chi connectivity index (χ3n) is 4.20. The van der Waals surface area contributed by atoms with Crippen LogP contribution in [0.25, 0.3) is 0 Å². The SMILES string of the molecule is CCOc1cc(C)ccc1CNC(=NC)NCCN1C(=O)CCCC1=O.I. The minimum atomic E-state index is -0.0907. The summed E-state index contributed by atoms with van der Waals surface area (Å²) < 4.78 is 5.69. The summed E-state index contributed by atoms with van der Waals surface area (Å²) in [5, 5.41) is 6.38. The maximum atomic E-state index is 11.8. The van der Waals surface area contributed by atoms with Crippen molar-refractivity contribution in [2.24, 2.45) is 4.99 Å². The van der Waals surface area contributed by atoms with Crippen molar-refractivity contribution in [2.45, 2.75) is 39.7 Å². The monoisotopic (exact) mass is 488 g/mol. The van der Waals surface area contributed by atoms with Crippen LogP contribution in [0, 0.1) is 6.92 Å². The summed E-state index contributed by atoms with van der Waals surface area (Å²) in [6, 6.07) is 6.10. The Morgan fingerprint density at radius 2 is 1.93 bits per heavy atom. The van der Waals surface area contributed by atoms with Crippen molar-refractivity contribution in [1.82, 2.24) is 15.5 Å². The molecule has 150 valence electrons. The van der Waals surface area contributed by atoms with Crippen molar-refractivity contribution < 1.29 is 14.3 Å². The number of hydrogen-bond acceptors (Lipinski definition) is 4. The van der Waals surface area contributed by atoms with Crippen LogP contribution in [-0.4, -0.2) is 49.4 Å². The van der Waals surface area contributed by atoms with Gasteiger partial charge in [0, 0.05) is 45.1 Å². The van der Waals surface area contributed by atoms with Crippen molar-refractivity contribution in [2.75, 3.05) is 26.7 Å². The molecule has 1 aromatic carbocycles. The van der Waals surface area contributed by atoms with Crippen molar-refractivity contribution in [3.05, 3.63) is 29.3 Å². The molecule has 0 bridgehead atoms. The molecule has 0 aliphatic carbocycles. The smallest absolute Gasteiger partial charge is 0.229 e. The number of nitrogens with one attached hydrogen (secondary N) is 2. The lowest BCUT2D eigenvalue weighted by atomic mass is 10.1. The molecule has 2 amide bonds. The molecule has 0 unspecified atom stereocenters. The Bertz CT molecular complexity index is 663. The van der Waals surface area contributed by atoms with Crippen molar-refractivity contribution in [3.63, 3.8) is 0 Å². The van der Waals surface area contributed by atoms with Crippen LogP contribution < -0.4 is 15.4 Å². The lowest BCUT2D eigenvalue weighted by Crippen LogP contribution is -2.46. The number of piperidine rings is 1. The van der Waals surface area contributed by atoms with Gasteiger partial charge in [-0.3, -0.25) is 19.5 Å². The summed E-state index contributed by atoms with van der Waals surface area (Å²) in [5.41, 5.74) is 2.19. The quantitative estimate of drug-likeness (QED) is 0.266. The highest BCUT2D eigenvalue weighted by molar-refractivity contribution is 14.0. The molecule has 0 saturated carbocycles. The van der Waals surface area contributed by atoms with Crippen LogP contribution in [0.15, 0.2) is 23.2 Å². The van der Waals surface area contributed by atoms with Crippen LogP contribution in [0.5, 0.6) is 5.75 Å². The number of nitrogens with zero attached hydrogens (tertiary/aromatic N) is 2. The predicted molar refractivity (Wildman–Crippen MR) is 117 cm³/mol. The van der Waals surface area contributed by atoms with E-state index in [1.54, 1.807) is 7.05 Å². The lowest BCUT2D eigenvalue weighted by molar-refractivity contribution is -0.147. The number of guanidine groups is 1. The molecule has 1 aromatic rings. The van der Waals surface area contributed by atoms with Gasteiger partial charge in [0.15, 0.2) is 5.96 Å². The fourth-order valence-electron chi connectivity index (χ4n) is 2.83. The van der Waals surface area contributed by atoms with Crippen LogP contribution in [0.4, 0.5) is 0 Å². The van der Waals surface area contributed by atoms with Gasteiger partial charge in [0.25, 0.3) is 0 Å². The average molecular weight is 488 g/mol. The molecule has 1 aliphatic rings. The number of rotatable bonds is 7. The Balaban J connectivity index is 0.00000364. The van der Waals surface area contributed by atoms with Gasteiger partial charge in [-0.15, -0.1) is 24.0 Å². The summed E-state index contributed by atoms with van der Waals surface area (Å²) >= 11 is 0. The Hall–Kier alpha value is -1.84.